The smallest absolute Gasteiger partial charge is 0.330 e. The summed E-state index contributed by atoms with van der Waals surface area (Å²) < 4.78 is 20.2. The Labute approximate surface area is 104 Å². The number of nitrogens with one attached hydrogen (secondary N) is 1. The van der Waals surface area contributed by atoms with E-state index in [4.69, 9.17) is 7.48 Å². The molecule has 8 heteroatoms. The zero-order valence-corrected chi connectivity index (χ0v) is 9.40. The first-order valence-corrected chi connectivity index (χ1v) is 5.15. The van der Waals surface area contributed by atoms with Crippen LogP contribution in [0.15, 0.2) is 21.9 Å². The van der Waals surface area contributed by atoms with Gasteiger partial charge in [0.15, 0.2) is 6.23 Å². The summed E-state index contributed by atoms with van der Waals surface area (Å²) >= 11 is 0. The summed E-state index contributed by atoms with van der Waals surface area (Å²) in [6.45, 7) is -1.78. The second-order valence-corrected chi connectivity index (χ2v) is 4.23. The minimum absolute atomic E-state index is 0.654. The lowest BCUT2D eigenvalue weighted by atomic mass is 9.96. The molecule has 1 aromatic heterocycles. The summed E-state index contributed by atoms with van der Waals surface area (Å²) in [5, 5.41) is 29.4. The molecule has 4 atom stereocenters. The average molecular weight is 260 g/mol. The summed E-state index contributed by atoms with van der Waals surface area (Å²) in [4.78, 5) is 24.6. The normalized spacial score (nSPS) is 38.3. The highest BCUT2D eigenvalue weighted by Crippen LogP contribution is 2.36. The van der Waals surface area contributed by atoms with Crippen molar-refractivity contribution < 1.29 is 22.8 Å². The molecule has 8 nitrogen and oxygen atoms in total. The van der Waals surface area contributed by atoms with Crippen LogP contribution >= 0.6 is 0 Å². The van der Waals surface area contributed by atoms with Gasteiger partial charge in [0.05, 0.1) is 9.30 Å². The highest BCUT2D eigenvalue weighted by molar-refractivity contribution is 5.00. The molecule has 0 radical (unpaired) electrons. The van der Waals surface area contributed by atoms with Crippen molar-refractivity contribution in [1.82, 2.24) is 9.55 Å². The minimum atomic E-state index is -2.91. The molecule has 1 fully saturated rings. The van der Waals surface area contributed by atoms with Crippen LogP contribution < -0.4 is 11.2 Å². The van der Waals surface area contributed by atoms with E-state index in [-0.39, 0.29) is 0 Å². The maximum Gasteiger partial charge on any atom is 0.330 e. The Morgan fingerprint density at radius 3 is 2.83 bits per heavy atom. The lowest BCUT2D eigenvalue weighted by Gasteiger charge is -2.27. The molecule has 1 aliphatic heterocycles. The molecule has 2 rings (SSSR count). The van der Waals surface area contributed by atoms with Gasteiger partial charge >= 0.3 is 5.69 Å². The molecule has 0 spiro atoms. The van der Waals surface area contributed by atoms with Crippen molar-refractivity contribution in [2.75, 3.05) is 6.56 Å². The van der Waals surface area contributed by atoms with E-state index in [1.54, 1.807) is 0 Å². The fourth-order valence-corrected chi connectivity index (χ4v) is 1.86. The highest BCUT2D eigenvalue weighted by Gasteiger charge is 2.53. The third-order valence-corrected chi connectivity index (χ3v) is 2.89. The standard InChI is InChI=1S/C10H14N2O6/c1-10(17)7(15)5(4-13)18-8(10)12-3-2-6(14)11-9(12)16/h2-3,5,7-8,13,15,17H,4H2,1H3,(H,11,14,16)/t5-,7-,8-,10-/m1/s1/i4D2. The third kappa shape index (κ3) is 1.89. The van der Waals surface area contributed by atoms with E-state index >= 15 is 0 Å². The Kier molecular flexibility index (Phi) is 2.51. The van der Waals surface area contributed by atoms with Gasteiger partial charge in [0.2, 0.25) is 0 Å². The van der Waals surface area contributed by atoms with Crippen LogP contribution in [0.2, 0.25) is 0 Å². The van der Waals surface area contributed by atoms with Crippen molar-refractivity contribution in [3.8, 4) is 0 Å². The largest absolute Gasteiger partial charge is 0.394 e. The van der Waals surface area contributed by atoms with E-state index in [1.807, 2.05) is 4.98 Å². The van der Waals surface area contributed by atoms with Gasteiger partial charge in [-0.1, -0.05) is 0 Å². The van der Waals surface area contributed by atoms with Crippen molar-refractivity contribution in [3.63, 3.8) is 0 Å². The Hall–Kier alpha value is -1.48. The van der Waals surface area contributed by atoms with Crippen LogP contribution in [-0.4, -0.2) is 49.2 Å². The fraction of sp³-hybridized carbons (Fsp3) is 0.600. The minimum Gasteiger partial charge on any atom is -0.394 e. The topological polar surface area (TPSA) is 125 Å². The van der Waals surface area contributed by atoms with Gasteiger partial charge in [0, 0.05) is 12.3 Å². The van der Waals surface area contributed by atoms with Crippen molar-refractivity contribution in [1.29, 1.82) is 0 Å². The van der Waals surface area contributed by atoms with Gasteiger partial charge in [-0.3, -0.25) is 14.3 Å². The van der Waals surface area contributed by atoms with Crippen LogP contribution in [0.4, 0.5) is 0 Å². The van der Waals surface area contributed by atoms with Crippen LogP contribution in [0.25, 0.3) is 0 Å². The first-order valence-electron chi connectivity index (χ1n) is 6.15. The number of H-pyrrole nitrogens is 1. The van der Waals surface area contributed by atoms with Crippen molar-refractivity contribution in [3.05, 3.63) is 33.1 Å². The van der Waals surface area contributed by atoms with Gasteiger partial charge in [-0.05, 0) is 6.92 Å². The lowest BCUT2D eigenvalue weighted by Crippen LogP contribution is -2.46. The molecule has 1 aliphatic rings. The number of aromatic amines is 1. The zero-order valence-electron chi connectivity index (χ0n) is 11.4. The van der Waals surface area contributed by atoms with Crippen LogP contribution in [0, 0.1) is 0 Å². The molecule has 18 heavy (non-hydrogen) atoms. The maximum atomic E-state index is 11.7. The second-order valence-electron chi connectivity index (χ2n) is 4.23. The Morgan fingerprint density at radius 1 is 1.67 bits per heavy atom. The highest BCUT2D eigenvalue weighted by atomic mass is 16.6. The molecule has 2 heterocycles. The molecule has 0 amide bonds. The van der Waals surface area contributed by atoms with E-state index in [1.165, 1.54) is 0 Å². The molecule has 0 saturated carbocycles. The summed E-state index contributed by atoms with van der Waals surface area (Å²) in [5.41, 5.74) is -3.59. The van der Waals surface area contributed by atoms with Gasteiger partial charge in [-0.25, -0.2) is 4.79 Å². The molecular weight excluding hydrogens is 244 g/mol. The summed E-state index contributed by atoms with van der Waals surface area (Å²) in [6.07, 6.45) is -3.94. The van der Waals surface area contributed by atoms with Crippen LogP contribution in [0.5, 0.6) is 0 Å². The number of aliphatic hydroxyl groups excluding tert-OH is 1. The molecule has 0 unspecified atom stereocenters. The average Bonchev–Trinajstić information content (AvgIpc) is 2.51. The first-order chi connectivity index (χ1) is 9.05. The Bertz CT molecular complexity index is 619. The molecular formula is C10H14N2O6. The zero-order chi connectivity index (χ0) is 15.3. The number of rotatable bonds is 2. The van der Waals surface area contributed by atoms with Gasteiger partial charge in [-0.15, -0.1) is 0 Å². The van der Waals surface area contributed by atoms with E-state index in [9.17, 15) is 24.9 Å². The van der Waals surface area contributed by atoms with Crippen molar-refractivity contribution in [2.45, 2.75) is 31.0 Å². The maximum absolute atomic E-state index is 11.7. The number of ether oxygens (including phenoxy) is 1. The molecule has 0 aromatic carbocycles. The predicted octanol–water partition coefficient (Wildman–Crippen LogP) is -2.46. The van der Waals surface area contributed by atoms with Gasteiger partial charge < -0.3 is 20.1 Å². The third-order valence-electron chi connectivity index (χ3n) is 2.89. The molecule has 1 aromatic rings. The second kappa shape index (κ2) is 4.32. The molecule has 100 valence electrons. The van der Waals surface area contributed by atoms with Crippen LogP contribution in [0.3, 0.4) is 0 Å². The van der Waals surface area contributed by atoms with Gasteiger partial charge in [0.1, 0.15) is 17.8 Å². The SMILES string of the molecule is [2H]C([2H])(O)[C@H]1O[C@@H](n2ccc(=O)[nH]c2=O)[C@](C)(O)[C@@H]1O. The fourth-order valence-electron chi connectivity index (χ4n) is 1.86. The van der Waals surface area contributed by atoms with E-state index in [2.05, 4.69) is 0 Å². The first kappa shape index (κ1) is 10.4. The number of aromatic nitrogens is 2. The predicted molar refractivity (Wildman–Crippen MR) is 58.9 cm³/mol. The van der Waals surface area contributed by atoms with Crippen LogP contribution in [0.1, 0.15) is 15.9 Å². The monoisotopic (exact) mass is 260 g/mol. The Balaban J connectivity index is 2.47. The molecule has 0 aliphatic carbocycles. The lowest BCUT2D eigenvalue weighted by molar-refractivity contribution is -0.0987. The number of nitrogens with zero attached hydrogens (tertiary/aromatic N) is 1. The molecule has 4 N–H and O–H groups in total. The van der Waals surface area contributed by atoms with Crippen molar-refractivity contribution >= 4 is 0 Å². The number of hydrogen-bond donors (Lipinski definition) is 4. The molecule has 1 saturated heterocycles. The number of aliphatic hydroxyl groups is 3. The van der Waals surface area contributed by atoms with Crippen molar-refractivity contribution in [2.24, 2.45) is 0 Å². The van der Waals surface area contributed by atoms with E-state index in [0.29, 0.717) is 0 Å². The number of hydrogen-bond acceptors (Lipinski definition) is 6. The summed E-state index contributed by atoms with van der Waals surface area (Å²) in [6, 6.07) is 1.01. The van der Waals surface area contributed by atoms with E-state index < -0.39 is 41.8 Å². The van der Waals surface area contributed by atoms with E-state index in [0.717, 1.165) is 23.8 Å². The Morgan fingerprint density at radius 2 is 2.33 bits per heavy atom. The summed E-state index contributed by atoms with van der Waals surface area (Å²) in [7, 11) is 0. The van der Waals surface area contributed by atoms with Gasteiger partial charge in [0.25, 0.3) is 5.56 Å². The molecule has 0 bridgehead atoms. The van der Waals surface area contributed by atoms with Gasteiger partial charge in [-0.2, -0.15) is 0 Å². The summed E-state index contributed by atoms with van der Waals surface area (Å²) in [5.74, 6) is 0. The quantitative estimate of drug-likeness (QED) is 0.467. The van der Waals surface area contributed by atoms with Crippen LogP contribution in [-0.2, 0) is 4.74 Å².